The summed E-state index contributed by atoms with van der Waals surface area (Å²) in [5, 5.41) is 8.88. The Hall–Kier alpha value is -1.46. The smallest absolute Gasteiger partial charge is 0.165 e. The minimum Gasteiger partial charge on any atom is -0.379 e. The Morgan fingerprint density at radius 3 is 3.00 bits per heavy atom. The molecule has 1 aliphatic heterocycles. The molecule has 0 N–H and O–H groups in total. The molecule has 0 bridgehead atoms. The van der Waals surface area contributed by atoms with E-state index < -0.39 is 0 Å². The molecule has 0 unspecified atom stereocenters. The van der Waals surface area contributed by atoms with Crippen LogP contribution in [0.15, 0.2) is 18.3 Å². The third-order valence-corrected chi connectivity index (χ3v) is 2.97. The van der Waals surface area contributed by atoms with Crippen LogP contribution in [0.1, 0.15) is 5.82 Å². The lowest BCUT2D eigenvalue weighted by atomic mass is 10.2. The van der Waals surface area contributed by atoms with Crippen molar-refractivity contribution in [3.8, 4) is 11.4 Å². The summed E-state index contributed by atoms with van der Waals surface area (Å²) in [5.41, 5.74) is 0.926. The van der Waals surface area contributed by atoms with E-state index in [0.29, 0.717) is 18.4 Å². The van der Waals surface area contributed by atoms with Gasteiger partial charge in [0.05, 0.1) is 13.2 Å². The number of ether oxygens (including phenoxy) is 1. The number of fused-ring (bicyclic) bond motifs is 1. The Kier molecular flexibility index (Phi) is 2.78. The Morgan fingerprint density at radius 1 is 1.24 bits per heavy atom. The van der Waals surface area contributed by atoms with Crippen molar-refractivity contribution in [1.29, 1.82) is 0 Å². The van der Waals surface area contributed by atoms with E-state index in [1.54, 1.807) is 12.3 Å². The van der Waals surface area contributed by atoms with Gasteiger partial charge in [-0.15, -0.1) is 10.2 Å². The molecule has 0 saturated heterocycles. The van der Waals surface area contributed by atoms with Crippen molar-refractivity contribution in [2.24, 2.45) is 0 Å². The summed E-state index contributed by atoms with van der Waals surface area (Å²) in [6.07, 6.45) is 2.51. The highest BCUT2D eigenvalue weighted by Gasteiger charge is 2.16. The van der Waals surface area contributed by atoms with Gasteiger partial charge in [-0.25, -0.2) is 4.98 Å². The average molecular weight is 251 g/mol. The number of nitrogens with zero attached hydrogens (tertiary/aromatic N) is 4. The van der Waals surface area contributed by atoms with E-state index in [9.17, 15) is 0 Å². The van der Waals surface area contributed by atoms with Gasteiger partial charge in [0, 0.05) is 24.7 Å². The summed E-state index contributed by atoms with van der Waals surface area (Å²) in [6, 6.07) is 3.66. The van der Waals surface area contributed by atoms with Crippen LogP contribution in [0, 0.1) is 0 Å². The number of aromatic nitrogens is 4. The van der Waals surface area contributed by atoms with Crippen molar-refractivity contribution in [3.05, 3.63) is 29.3 Å². The first-order chi connectivity index (χ1) is 8.34. The molecule has 6 heteroatoms. The first-order valence-electron chi connectivity index (χ1n) is 5.46. The van der Waals surface area contributed by atoms with Gasteiger partial charge in [-0.3, -0.25) is 0 Å². The summed E-state index contributed by atoms with van der Waals surface area (Å²) >= 11 is 5.77. The number of rotatable bonds is 1. The zero-order valence-corrected chi connectivity index (χ0v) is 9.89. The first-order valence-corrected chi connectivity index (χ1v) is 5.84. The van der Waals surface area contributed by atoms with Gasteiger partial charge in [-0.1, -0.05) is 11.6 Å². The van der Waals surface area contributed by atoms with Crippen molar-refractivity contribution in [2.45, 2.75) is 13.0 Å². The molecular formula is C11H11ClN4O. The lowest BCUT2D eigenvalue weighted by Gasteiger charge is -2.05. The van der Waals surface area contributed by atoms with E-state index in [4.69, 9.17) is 16.3 Å². The van der Waals surface area contributed by atoms with Gasteiger partial charge in [0.1, 0.15) is 11.0 Å². The van der Waals surface area contributed by atoms with Gasteiger partial charge in [-0.2, -0.15) is 0 Å². The fraction of sp³-hybridized carbons (Fsp3) is 0.364. The van der Waals surface area contributed by atoms with Gasteiger partial charge < -0.3 is 9.30 Å². The van der Waals surface area contributed by atoms with Crippen molar-refractivity contribution in [2.75, 3.05) is 13.2 Å². The summed E-state index contributed by atoms with van der Waals surface area (Å²) in [5.74, 6) is 1.79. The standard InChI is InChI=1S/C11H11ClN4O/c12-9-2-1-8(7-13-9)11-15-14-10-3-5-17-6-4-16(10)11/h1-2,7H,3-6H2. The highest BCUT2D eigenvalue weighted by molar-refractivity contribution is 6.29. The predicted molar refractivity (Wildman–Crippen MR) is 62.8 cm³/mol. The zero-order valence-electron chi connectivity index (χ0n) is 9.14. The zero-order chi connectivity index (χ0) is 11.7. The molecule has 2 aromatic heterocycles. The molecular weight excluding hydrogens is 240 g/mol. The Bertz CT molecular complexity index is 523. The summed E-state index contributed by atoms with van der Waals surface area (Å²) < 4.78 is 7.50. The van der Waals surface area contributed by atoms with Crippen LogP contribution in [0.4, 0.5) is 0 Å². The molecule has 0 spiro atoms. The molecule has 3 rings (SSSR count). The molecule has 0 amide bonds. The quantitative estimate of drug-likeness (QED) is 0.721. The monoisotopic (exact) mass is 250 g/mol. The van der Waals surface area contributed by atoms with Gasteiger partial charge >= 0.3 is 0 Å². The molecule has 0 aliphatic carbocycles. The number of hydrogen-bond donors (Lipinski definition) is 0. The van der Waals surface area contributed by atoms with E-state index in [1.165, 1.54) is 0 Å². The fourth-order valence-corrected chi connectivity index (χ4v) is 2.01. The van der Waals surface area contributed by atoms with Crippen LogP contribution >= 0.6 is 11.6 Å². The van der Waals surface area contributed by atoms with E-state index >= 15 is 0 Å². The van der Waals surface area contributed by atoms with Crippen LogP contribution in [0.5, 0.6) is 0 Å². The molecule has 3 heterocycles. The van der Waals surface area contributed by atoms with Gasteiger partial charge in [0.15, 0.2) is 5.82 Å². The van der Waals surface area contributed by atoms with Crippen LogP contribution in [0.2, 0.25) is 5.15 Å². The van der Waals surface area contributed by atoms with Crippen molar-refractivity contribution in [3.63, 3.8) is 0 Å². The molecule has 0 saturated carbocycles. The molecule has 0 fully saturated rings. The number of pyridine rings is 1. The molecule has 17 heavy (non-hydrogen) atoms. The number of hydrogen-bond acceptors (Lipinski definition) is 4. The Labute approximate surface area is 103 Å². The maximum Gasteiger partial charge on any atom is 0.165 e. The largest absolute Gasteiger partial charge is 0.379 e. The Morgan fingerprint density at radius 2 is 2.18 bits per heavy atom. The topological polar surface area (TPSA) is 52.8 Å². The van der Waals surface area contributed by atoms with E-state index in [-0.39, 0.29) is 0 Å². The van der Waals surface area contributed by atoms with Gasteiger partial charge in [0.2, 0.25) is 0 Å². The summed E-state index contributed by atoms with van der Waals surface area (Å²) in [7, 11) is 0. The van der Waals surface area contributed by atoms with Gasteiger partial charge in [0.25, 0.3) is 0 Å². The van der Waals surface area contributed by atoms with Crippen LogP contribution in [-0.2, 0) is 17.7 Å². The van der Waals surface area contributed by atoms with Crippen molar-refractivity contribution in [1.82, 2.24) is 19.7 Å². The van der Waals surface area contributed by atoms with Gasteiger partial charge in [-0.05, 0) is 12.1 Å². The summed E-state index contributed by atoms with van der Waals surface area (Å²) in [4.78, 5) is 4.06. The second-order valence-corrected chi connectivity index (χ2v) is 4.21. The normalized spacial score (nSPS) is 15.4. The molecule has 1 aliphatic rings. The minimum absolute atomic E-state index is 0.479. The van der Waals surface area contributed by atoms with E-state index in [0.717, 1.165) is 30.2 Å². The molecule has 88 valence electrons. The maximum absolute atomic E-state index is 5.77. The lowest BCUT2D eigenvalue weighted by Crippen LogP contribution is -2.05. The molecule has 5 nitrogen and oxygen atoms in total. The van der Waals surface area contributed by atoms with Crippen LogP contribution in [0.3, 0.4) is 0 Å². The maximum atomic E-state index is 5.77. The third-order valence-electron chi connectivity index (χ3n) is 2.74. The van der Waals surface area contributed by atoms with Crippen LogP contribution in [0.25, 0.3) is 11.4 Å². The van der Waals surface area contributed by atoms with E-state index in [1.807, 2.05) is 6.07 Å². The second kappa shape index (κ2) is 4.43. The molecule has 2 aromatic rings. The molecule has 0 atom stereocenters. The van der Waals surface area contributed by atoms with Crippen molar-refractivity contribution < 1.29 is 4.74 Å². The average Bonchev–Trinajstić information content (AvgIpc) is 2.60. The summed E-state index contributed by atoms with van der Waals surface area (Å²) in [6.45, 7) is 2.18. The van der Waals surface area contributed by atoms with Crippen LogP contribution in [-0.4, -0.2) is 33.0 Å². The third kappa shape index (κ3) is 2.03. The number of halogens is 1. The minimum atomic E-state index is 0.479. The van der Waals surface area contributed by atoms with E-state index in [2.05, 4.69) is 19.7 Å². The highest BCUT2D eigenvalue weighted by Crippen LogP contribution is 2.20. The molecule has 0 aromatic carbocycles. The van der Waals surface area contributed by atoms with Crippen LogP contribution < -0.4 is 0 Å². The Balaban J connectivity index is 2.03. The highest BCUT2D eigenvalue weighted by atomic mass is 35.5. The fourth-order valence-electron chi connectivity index (χ4n) is 1.90. The van der Waals surface area contributed by atoms with Crippen molar-refractivity contribution >= 4 is 11.6 Å². The predicted octanol–water partition coefficient (Wildman–Crippen LogP) is 1.57. The second-order valence-electron chi connectivity index (χ2n) is 3.82. The SMILES string of the molecule is Clc1ccc(-c2nnc3n2CCOCC3)cn1. The first kappa shape index (κ1) is 10.7. The molecule has 0 radical (unpaired) electrons. The lowest BCUT2D eigenvalue weighted by molar-refractivity contribution is 0.140.